The number of nitrogen functional groups attached to an aromatic ring is 4. The molecule has 0 amide bonds. The Bertz CT molecular complexity index is 5840. The molecule has 0 radical (unpaired) electrons. The van der Waals surface area contributed by atoms with E-state index in [9.17, 15) is 33.7 Å². The molecule has 119 heavy (non-hydrogen) atoms. The summed E-state index contributed by atoms with van der Waals surface area (Å²) >= 11 is 0. The second-order valence-corrected chi connectivity index (χ2v) is 33.3. The van der Waals surface area contributed by atoms with E-state index in [1.165, 1.54) is 105 Å². The van der Waals surface area contributed by atoms with Gasteiger partial charge in [-0.15, -0.1) is 27.0 Å². The number of nitrogens with one attached hydrogen (secondary N) is 11. The van der Waals surface area contributed by atoms with Crippen LogP contribution in [0.1, 0.15) is 50.5 Å². The number of aromatic nitrogens is 20. The van der Waals surface area contributed by atoms with Crippen molar-refractivity contribution in [2.45, 2.75) is 95.1 Å². The summed E-state index contributed by atoms with van der Waals surface area (Å²) in [5, 5.41) is 73.1. The summed E-state index contributed by atoms with van der Waals surface area (Å²) in [6, 6.07) is 30.2. The lowest BCUT2D eigenvalue weighted by molar-refractivity contribution is 0.596. The fourth-order valence-corrected chi connectivity index (χ4v) is 14.6. The molecule has 1 saturated carbocycles. The number of primary sulfonamides is 4. The highest BCUT2D eigenvalue weighted by atomic mass is 32.2. The molecule has 1 aliphatic carbocycles. The minimum Gasteiger partial charge on any atom is -0.368 e. The van der Waals surface area contributed by atoms with E-state index >= 15 is 0 Å². The zero-order chi connectivity index (χ0) is 84.0. The van der Waals surface area contributed by atoms with E-state index < -0.39 is 40.1 Å². The molecule has 624 valence electrons. The van der Waals surface area contributed by atoms with E-state index in [0.717, 1.165) is 76.9 Å². The molecule has 3 saturated heterocycles. The molecular formula is C68H85N39O8S4. The third kappa shape index (κ3) is 22.4. The van der Waals surface area contributed by atoms with Crippen LogP contribution in [0.3, 0.4) is 0 Å². The van der Waals surface area contributed by atoms with Crippen LogP contribution in [-0.2, 0) is 46.5 Å². The summed E-state index contributed by atoms with van der Waals surface area (Å²) in [5.74, 6) is 6.07. The van der Waals surface area contributed by atoms with Gasteiger partial charge in [-0.3, -0.25) is 0 Å². The second kappa shape index (κ2) is 36.8. The van der Waals surface area contributed by atoms with Gasteiger partial charge in [-0.2, -0.15) is 38.7 Å². The summed E-state index contributed by atoms with van der Waals surface area (Å²) < 4.78 is 96.8. The molecule has 0 spiro atoms. The first kappa shape index (κ1) is 83.6. The van der Waals surface area contributed by atoms with E-state index in [1.54, 1.807) is 72.8 Å². The van der Waals surface area contributed by atoms with Crippen LogP contribution >= 0.6 is 0 Å². The third-order valence-corrected chi connectivity index (χ3v) is 22.0. The van der Waals surface area contributed by atoms with Gasteiger partial charge in [0.25, 0.3) is 0 Å². The van der Waals surface area contributed by atoms with Crippen molar-refractivity contribution in [3.63, 3.8) is 0 Å². The number of hydrogen-bond donors (Lipinski definition) is 19. The van der Waals surface area contributed by atoms with E-state index in [1.807, 2.05) is 0 Å². The van der Waals surface area contributed by atoms with E-state index in [4.69, 9.17) is 43.5 Å². The summed E-state index contributed by atoms with van der Waals surface area (Å²) in [6.07, 6.45) is 15.7. The highest BCUT2D eigenvalue weighted by molar-refractivity contribution is 7.90. The molecule has 3 atom stereocenters. The van der Waals surface area contributed by atoms with Crippen LogP contribution in [0.25, 0.3) is 23.3 Å². The molecule has 2 unspecified atom stereocenters. The van der Waals surface area contributed by atoms with Crippen molar-refractivity contribution >= 4 is 134 Å². The average molecular weight is 1700 g/mol. The van der Waals surface area contributed by atoms with Gasteiger partial charge in [-0.05, 0) is 149 Å². The maximum Gasteiger partial charge on any atom is 0.248 e. The van der Waals surface area contributed by atoms with Gasteiger partial charge in [-0.25, -0.2) is 94.1 Å². The van der Waals surface area contributed by atoms with E-state index in [0.29, 0.717) is 93.8 Å². The van der Waals surface area contributed by atoms with Gasteiger partial charge in [-0.1, -0.05) is 25.0 Å². The summed E-state index contributed by atoms with van der Waals surface area (Å²) in [7, 11) is -15.1. The smallest absolute Gasteiger partial charge is 0.248 e. The Kier molecular flexibility index (Phi) is 25.9. The SMILES string of the molecule is C=CCc1c(NC2CCNC2)ncnc1-n1nc(Nc2ccc(S(N)(=O)=O)cc2)nc1N.Nc1nc(Nc2ccc(S(N)(=O)=O)cc2)nn1-c1cc(NC2CCNC2)ncn1.Nc1nc(Nc2ccc(S(N)(=O)=O)cc2)nn1-c1cc(N[C@H]2CCNC2)ncn1.Nc1nc(Nc2cccc(S(N)(=O)=O)c2)nn1-c1cc(NC2CCCC2)ncn1. The Hall–Kier alpha value is -13.4. The van der Waals surface area contributed by atoms with Gasteiger partial charge in [0, 0.05) is 90.3 Å². The molecule has 0 bridgehead atoms. The number of nitrogens with zero attached hydrogens (tertiary/aromatic N) is 20. The van der Waals surface area contributed by atoms with Gasteiger partial charge in [0.2, 0.25) is 87.7 Å². The number of anilines is 16. The quantitative estimate of drug-likeness (QED) is 0.0342. The van der Waals surface area contributed by atoms with Crippen molar-refractivity contribution in [3.05, 3.63) is 159 Å². The van der Waals surface area contributed by atoms with Crippen LogP contribution in [-0.4, -0.2) is 196 Å². The zero-order valence-corrected chi connectivity index (χ0v) is 66.5. The average Bonchev–Trinajstić information content (AvgIpc) is 1.71. The van der Waals surface area contributed by atoms with Gasteiger partial charge in [0.05, 0.1) is 19.6 Å². The molecule has 8 aromatic heterocycles. The minimum absolute atomic E-state index is 0.00796. The fraction of sp³-hybridized carbons (Fsp3) is 0.265. The standard InChI is InChI=1S/C19H24N10O2S.C17H21N9O2S.2C16H20N10O2S/c1-2-3-15-16(25-13-8-9-22-10-13)23-11-24-17(15)29-18(20)27-19(28-29)26-12-4-6-14(7-5-12)32(21,30)31;18-16-24-17(23-12-6-3-7-13(8-12)29(19,27)28)25-26(16)15-9-14(20-10-21-15)22-11-4-1-2-5-11;2*17-15-24-16(23-10-1-3-12(4-2-10)29(18,27)28)25-26(15)14-7-13(20-9-21-14)22-11-5-6-19-8-11/h2,4-7,11,13,22H,1,3,8-10H2,(H2,21,30,31)(H,23,24,25)(H3,20,26,27,28);3,6-11H,1-2,4-5H2,(H2,19,27,28)(H,20,21,22)(H3,18,23,24,25);2*1-4,7,9,11,19H,5-6,8H2,(H2,18,27,28)(H,20,21,22)(H3,17,23,24,25)/t;;11-;/m..0./s1. The maximum atomic E-state index is 11.5. The highest BCUT2D eigenvalue weighted by Crippen LogP contribution is 2.29. The monoisotopic (exact) mass is 1700 g/mol. The van der Waals surface area contributed by atoms with Crippen molar-refractivity contribution in [2.24, 2.45) is 20.6 Å². The van der Waals surface area contributed by atoms with Crippen LogP contribution in [0, 0.1) is 0 Å². The lowest BCUT2D eigenvalue weighted by Gasteiger charge is -2.17. The predicted octanol–water partition coefficient (Wildman–Crippen LogP) is 1.53. The molecule has 4 aromatic carbocycles. The Morgan fingerprint density at radius 3 is 1.09 bits per heavy atom. The lowest BCUT2D eigenvalue weighted by atomic mass is 10.1. The van der Waals surface area contributed by atoms with Crippen LogP contribution < -0.4 is 102 Å². The van der Waals surface area contributed by atoms with Gasteiger partial charge < -0.3 is 81.4 Å². The summed E-state index contributed by atoms with van der Waals surface area (Å²) in [4.78, 5) is 50.9. The first-order valence-electron chi connectivity index (χ1n) is 36.6. The predicted molar refractivity (Wildman–Crippen MR) is 444 cm³/mol. The van der Waals surface area contributed by atoms with Crippen molar-refractivity contribution in [1.82, 2.24) is 115 Å². The molecule has 3 aliphatic heterocycles. The zero-order valence-electron chi connectivity index (χ0n) is 63.2. The molecule has 11 heterocycles. The van der Waals surface area contributed by atoms with Crippen LogP contribution in [0.15, 0.2) is 173 Å². The molecule has 12 aromatic rings. The largest absolute Gasteiger partial charge is 0.368 e. The number of benzene rings is 4. The van der Waals surface area contributed by atoms with Crippen LogP contribution in [0.5, 0.6) is 0 Å². The topological polar surface area (TPSA) is 703 Å². The highest BCUT2D eigenvalue weighted by Gasteiger charge is 2.25. The number of nitrogens with two attached hydrogens (primary N) is 8. The van der Waals surface area contributed by atoms with Crippen molar-refractivity contribution in [1.29, 1.82) is 0 Å². The number of allylic oxidation sites excluding steroid dienone is 1. The first-order chi connectivity index (χ1) is 57.0. The lowest BCUT2D eigenvalue weighted by Crippen LogP contribution is -2.24. The van der Waals surface area contributed by atoms with Crippen molar-refractivity contribution < 1.29 is 33.7 Å². The van der Waals surface area contributed by atoms with Gasteiger partial charge in [0.1, 0.15) is 48.6 Å². The summed E-state index contributed by atoms with van der Waals surface area (Å²) in [5.41, 5.74) is 27.1. The molecule has 47 nitrogen and oxygen atoms in total. The number of sulfonamides is 4. The van der Waals surface area contributed by atoms with Crippen molar-refractivity contribution in [2.75, 3.05) is 105 Å². The second-order valence-electron chi connectivity index (χ2n) is 27.0. The first-order valence-corrected chi connectivity index (χ1v) is 42.8. The Morgan fingerprint density at radius 1 is 0.387 bits per heavy atom. The molecular weight excluding hydrogens is 1620 g/mol. The minimum atomic E-state index is -3.81. The molecule has 16 rings (SSSR count). The maximum absolute atomic E-state index is 11.5. The van der Waals surface area contributed by atoms with E-state index in [-0.39, 0.29) is 73.2 Å². The number of rotatable bonds is 26. The van der Waals surface area contributed by atoms with Crippen LogP contribution in [0.2, 0.25) is 0 Å². The van der Waals surface area contributed by atoms with Gasteiger partial charge in [0.15, 0.2) is 23.3 Å². The third-order valence-electron chi connectivity index (χ3n) is 18.3. The molecule has 4 aliphatic rings. The van der Waals surface area contributed by atoms with Crippen LogP contribution in [0.4, 0.5) is 93.6 Å². The molecule has 51 heteroatoms. The normalized spacial score (nSPS) is 16.1. The molecule has 4 fully saturated rings. The van der Waals surface area contributed by atoms with E-state index in [2.05, 4.69) is 145 Å². The fourth-order valence-electron chi connectivity index (χ4n) is 12.5. The Balaban J connectivity index is 0.000000137. The summed E-state index contributed by atoms with van der Waals surface area (Å²) in [6.45, 7) is 9.35. The molecule has 27 N–H and O–H groups in total. The Morgan fingerprint density at radius 2 is 0.731 bits per heavy atom. The Labute approximate surface area is 681 Å². The number of hydrogen-bond acceptors (Lipinski definition) is 39. The van der Waals surface area contributed by atoms with Gasteiger partial charge >= 0.3 is 0 Å². The van der Waals surface area contributed by atoms with Crippen molar-refractivity contribution in [3.8, 4) is 23.3 Å².